The molecule has 1 aromatic rings. The third kappa shape index (κ3) is 4.56. The molecule has 1 fully saturated rings. The van der Waals surface area contributed by atoms with Gasteiger partial charge < -0.3 is 15.7 Å². The lowest BCUT2D eigenvalue weighted by Gasteiger charge is -2.23. The Morgan fingerprint density at radius 1 is 1.29 bits per heavy atom. The van der Waals surface area contributed by atoms with Crippen molar-refractivity contribution >= 4 is 11.8 Å². The number of carbonyl (C=O) groups excluding carboxylic acids is 2. The van der Waals surface area contributed by atoms with Gasteiger partial charge in [-0.25, -0.2) is 0 Å². The number of aliphatic hydroxyl groups is 1. The molecule has 2 rings (SSSR count). The Bertz CT molecular complexity index is 486. The van der Waals surface area contributed by atoms with Crippen LogP contribution in [0.25, 0.3) is 0 Å². The zero-order valence-electron chi connectivity index (χ0n) is 12.2. The first kappa shape index (κ1) is 15.5. The summed E-state index contributed by atoms with van der Waals surface area (Å²) in [6.45, 7) is 1.95. The highest BCUT2D eigenvalue weighted by molar-refractivity contribution is 5.95. The van der Waals surface area contributed by atoms with E-state index < -0.39 is 18.1 Å². The fourth-order valence-electron chi connectivity index (χ4n) is 2.16. The van der Waals surface area contributed by atoms with Crippen LogP contribution in [-0.4, -0.2) is 35.1 Å². The van der Waals surface area contributed by atoms with Crippen molar-refractivity contribution in [1.29, 1.82) is 0 Å². The van der Waals surface area contributed by atoms with Crippen LogP contribution in [0.15, 0.2) is 30.3 Å². The van der Waals surface area contributed by atoms with E-state index in [1.807, 2.05) is 13.0 Å². The molecule has 3 N–H and O–H groups in total. The van der Waals surface area contributed by atoms with Crippen LogP contribution in [0.2, 0.25) is 0 Å². The van der Waals surface area contributed by atoms with Gasteiger partial charge in [-0.3, -0.25) is 9.59 Å². The molecule has 5 nitrogen and oxygen atoms in total. The molecule has 1 aliphatic carbocycles. The van der Waals surface area contributed by atoms with Crippen molar-refractivity contribution in [2.75, 3.05) is 0 Å². The summed E-state index contributed by atoms with van der Waals surface area (Å²) in [6.07, 6.45) is 2.05. The maximum absolute atomic E-state index is 12.1. The van der Waals surface area contributed by atoms with Crippen LogP contribution in [0.5, 0.6) is 0 Å². The number of hydrogen-bond donors (Lipinski definition) is 3. The molecule has 0 spiro atoms. The molecule has 2 unspecified atom stereocenters. The lowest BCUT2D eigenvalue weighted by Crippen LogP contribution is -2.51. The van der Waals surface area contributed by atoms with Crippen molar-refractivity contribution in [2.45, 2.75) is 50.8 Å². The Hall–Kier alpha value is -1.88. The molecule has 2 amide bonds. The number of benzene rings is 1. The molecule has 114 valence electrons. The second kappa shape index (κ2) is 7.22. The van der Waals surface area contributed by atoms with Crippen LogP contribution in [0.4, 0.5) is 0 Å². The molecule has 0 bridgehead atoms. The Morgan fingerprint density at radius 3 is 2.52 bits per heavy atom. The standard InChI is InChI=1S/C16H22N2O3/c1-2-6-13(14(19)16(21)17-12-9-10-12)18-15(20)11-7-4-3-5-8-11/h3-5,7-8,12-14,19H,2,6,9-10H2,1H3,(H,17,21)(H,18,20). The van der Waals surface area contributed by atoms with Crippen molar-refractivity contribution < 1.29 is 14.7 Å². The molecular formula is C16H22N2O3. The minimum atomic E-state index is -1.21. The highest BCUT2D eigenvalue weighted by atomic mass is 16.3. The Labute approximate surface area is 124 Å². The molecule has 1 saturated carbocycles. The van der Waals surface area contributed by atoms with Gasteiger partial charge in [-0.2, -0.15) is 0 Å². The number of hydrogen-bond acceptors (Lipinski definition) is 3. The first-order valence-corrected chi connectivity index (χ1v) is 7.46. The average Bonchev–Trinajstić information content (AvgIpc) is 3.30. The van der Waals surface area contributed by atoms with E-state index >= 15 is 0 Å². The highest BCUT2D eigenvalue weighted by Gasteiger charge is 2.31. The predicted molar refractivity (Wildman–Crippen MR) is 79.8 cm³/mol. The van der Waals surface area contributed by atoms with Crippen molar-refractivity contribution in [1.82, 2.24) is 10.6 Å². The summed E-state index contributed by atoms with van der Waals surface area (Å²) in [5, 5.41) is 15.7. The van der Waals surface area contributed by atoms with Gasteiger partial charge in [0.15, 0.2) is 6.10 Å². The molecular weight excluding hydrogens is 268 g/mol. The molecule has 0 saturated heterocycles. The second-order valence-electron chi connectivity index (χ2n) is 5.46. The molecule has 5 heteroatoms. The van der Waals surface area contributed by atoms with Crippen LogP contribution in [0, 0.1) is 0 Å². The maximum atomic E-state index is 12.1. The first-order valence-electron chi connectivity index (χ1n) is 7.46. The third-order valence-electron chi connectivity index (χ3n) is 3.53. The molecule has 0 heterocycles. The van der Waals surface area contributed by atoms with E-state index in [9.17, 15) is 14.7 Å². The van der Waals surface area contributed by atoms with Gasteiger partial charge in [-0.15, -0.1) is 0 Å². The van der Waals surface area contributed by atoms with E-state index in [-0.39, 0.29) is 11.9 Å². The van der Waals surface area contributed by atoms with E-state index in [4.69, 9.17) is 0 Å². The van der Waals surface area contributed by atoms with Crippen molar-refractivity contribution in [3.8, 4) is 0 Å². The fraction of sp³-hybridized carbons (Fsp3) is 0.500. The number of rotatable bonds is 7. The van der Waals surface area contributed by atoms with E-state index in [2.05, 4.69) is 10.6 Å². The van der Waals surface area contributed by atoms with Gasteiger partial charge in [0, 0.05) is 11.6 Å². The lowest BCUT2D eigenvalue weighted by molar-refractivity contribution is -0.130. The number of nitrogens with one attached hydrogen (secondary N) is 2. The molecule has 0 aliphatic heterocycles. The van der Waals surface area contributed by atoms with Gasteiger partial charge in [0.05, 0.1) is 6.04 Å². The summed E-state index contributed by atoms with van der Waals surface area (Å²) in [4.78, 5) is 24.1. The van der Waals surface area contributed by atoms with Gasteiger partial charge in [-0.1, -0.05) is 31.5 Å². The topological polar surface area (TPSA) is 78.4 Å². The van der Waals surface area contributed by atoms with Gasteiger partial charge >= 0.3 is 0 Å². The fourth-order valence-corrected chi connectivity index (χ4v) is 2.16. The van der Waals surface area contributed by atoms with Crippen molar-refractivity contribution in [3.63, 3.8) is 0 Å². The van der Waals surface area contributed by atoms with Gasteiger partial charge in [0.25, 0.3) is 11.8 Å². The van der Waals surface area contributed by atoms with E-state index in [1.54, 1.807) is 24.3 Å². The van der Waals surface area contributed by atoms with E-state index in [0.29, 0.717) is 12.0 Å². The van der Waals surface area contributed by atoms with Crippen LogP contribution < -0.4 is 10.6 Å². The van der Waals surface area contributed by atoms with Crippen LogP contribution >= 0.6 is 0 Å². The normalized spacial score (nSPS) is 16.9. The minimum absolute atomic E-state index is 0.194. The number of carbonyl (C=O) groups is 2. The highest BCUT2D eigenvalue weighted by Crippen LogP contribution is 2.19. The molecule has 2 atom stereocenters. The zero-order valence-corrected chi connectivity index (χ0v) is 12.2. The summed E-state index contributed by atoms with van der Waals surface area (Å²) in [5.74, 6) is -0.670. The summed E-state index contributed by atoms with van der Waals surface area (Å²) in [7, 11) is 0. The summed E-state index contributed by atoms with van der Waals surface area (Å²) < 4.78 is 0. The van der Waals surface area contributed by atoms with Gasteiger partial charge in [0.1, 0.15) is 0 Å². The monoisotopic (exact) mass is 290 g/mol. The Kier molecular flexibility index (Phi) is 5.33. The largest absolute Gasteiger partial charge is 0.381 e. The smallest absolute Gasteiger partial charge is 0.251 e. The average molecular weight is 290 g/mol. The molecule has 1 aliphatic rings. The van der Waals surface area contributed by atoms with E-state index in [0.717, 1.165) is 19.3 Å². The lowest BCUT2D eigenvalue weighted by atomic mass is 10.0. The van der Waals surface area contributed by atoms with E-state index in [1.165, 1.54) is 0 Å². The maximum Gasteiger partial charge on any atom is 0.251 e. The Balaban J connectivity index is 1.97. The number of amides is 2. The molecule has 0 aromatic heterocycles. The summed E-state index contributed by atoms with van der Waals surface area (Å²) >= 11 is 0. The first-order chi connectivity index (χ1) is 10.1. The summed E-state index contributed by atoms with van der Waals surface area (Å²) in [5.41, 5.74) is 0.522. The predicted octanol–water partition coefficient (Wildman–Crippen LogP) is 1.22. The molecule has 0 radical (unpaired) electrons. The molecule has 21 heavy (non-hydrogen) atoms. The third-order valence-corrected chi connectivity index (χ3v) is 3.53. The van der Waals surface area contributed by atoms with Gasteiger partial charge in [0.2, 0.25) is 0 Å². The van der Waals surface area contributed by atoms with Crippen LogP contribution in [-0.2, 0) is 4.79 Å². The minimum Gasteiger partial charge on any atom is -0.381 e. The van der Waals surface area contributed by atoms with Crippen molar-refractivity contribution in [3.05, 3.63) is 35.9 Å². The van der Waals surface area contributed by atoms with Crippen LogP contribution in [0.3, 0.4) is 0 Å². The quantitative estimate of drug-likeness (QED) is 0.706. The Morgan fingerprint density at radius 2 is 1.95 bits per heavy atom. The summed E-state index contributed by atoms with van der Waals surface area (Å²) in [6, 6.07) is 8.42. The van der Waals surface area contributed by atoms with Crippen LogP contribution in [0.1, 0.15) is 43.0 Å². The molecule has 1 aromatic carbocycles. The zero-order chi connectivity index (χ0) is 15.2. The second-order valence-corrected chi connectivity index (χ2v) is 5.46. The van der Waals surface area contributed by atoms with Gasteiger partial charge in [-0.05, 0) is 31.4 Å². The SMILES string of the molecule is CCCC(NC(=O)c1ccccc1)C(O)C(=O)NC1CC1. The van der Waals surface area contributed by atoms with Crippen molar-refractivity contribution in [2.24, 2.45) is 0 Å². The number of aliphatic hydroxyl groups excluding tert-OH is 1.